The predicted octanol–water partition coefficient (Wildman–Crippen LogP) is 2.69. The zero-order valence-corrected chi connectivity index (χ0v) is 11.7. The molecule has 1 aliphatic heterocycles. The lowest BCUT2D eigenvalue weighted by Gasteiger charge is -2.34. The van der Waals surface area contributed by atoms with E-state index >= 15 is 0 Å². The zero-order valence-electron chi connectivity index (χ0n) is 11.7. The van der Waals surface area contributed by atoms with Gasteiger partial charge in [0.15, 0.2) is 0 Å². The number of hydrogen-bond acceptors (Lipinski definition) is 2. The van der Waals surface area contributed by atoms with Gasteiger partial charge in [-0.1, -0.05) is 19.3 Å². The molecule has 2 rings (SSSR count). The molecule has 0 aromatic rings. The molecule has 3 nitrogen and oxygen atoms in total. The van der Waals surface area contributed by atoms with Crippen LogP contribution in [0.15, 0.2) is 0 Å². The Labute approximate surface area is 111 Å². The second-order valence-electron chi connectivity index (χ2n) is 6.21. The van der Waals surface area contributed by atoms with Crippen molar-refractivity contribution in [2.75, 3.05) is 6.54 Å². The van der Waals surface area contributed by atoms with E-state index in [9.17, 15) is 4.79 Å². The average molecular weight is 252 g/mol. The molecule has 2 unspecified atom stereocenters. The number of hydrogen-bond donors (Lipinski definition) is 1. The van der Waals surface area contributed by atoms with Gasteiger partial charge in [0.25, 0.3) is 0 Å². The van der Waals surface area contributed by atoms with Crippen LogP contribution in [0.1, 0.15) is 64.7 Å². The normalized spacial score (nSPS) is 27.4. The predicted molar refractivity (Wildman–Crippen MR) is 74.2 cm³/mol. The van der Waals surface area contributed by atoms with Crippen LogP contribution in [0.5, 0.6) is 0 Å². The van der Waals surface area contributed by atoms with Crippen LogP contribution in [0.4, 0.5) is 0 Å². The van der Waals surface area contributed by atoms with E-state index in [0.717, 1.165) is 18.9 Å². The van der Waals surface area contributed by atoms with E-state index in [-0.39, 0.29) is 6.04 Å². The van der Waals surface area contributed by atoms with E-state index in [1.54, 1.807) is 0 Å². The van der Waals surface area contributed by atoms with E-state index in [1.165, 1.54) is 44.9 Å². The van der Waals surface area contributed by atoms with E-state index in [1.807, 2.05) is 6.92 Å². The quantitative estimate of drug-likeness (QED) is 0.836. The van der Waals surface area contributed by atoms with Crippen molar-refractivity contribution in [1.82, 2.24) is 4.90 Å². The summed E-state index contributed by atoms with van der Waals surface area (Å²) in [7, 11) is 0. The molecule has 0 radical (unpaired) electrons. The molecule has 0 bridgehead atoms. The van der Waals surface area contributed by atoms with Crippen molar-refractivity contribution in [3.05, 3.63) is 0 Å². The molecule has 0 aromatic carbocycles. The van der Waals surface area contributed by atoms with Crippen molar-refractivity contribution in [1.29, 1.82) is 0 Å². The van der Waals surface area contributed by atoms with Crippen molar-refractivity contribution in [2.45, 2.75) is 76.8 Å². The summed E-state index contributed by atoms with van der Waals surface area (Å²) >= 11 is 0. The van der Waals surface area contributed by atoms with Crippen LogP contribution in [0.3, 0.4) is 0 Å². The first-order valence-corrected chi connectivity index (χ1v) is 7.73. The maximum atomic E-state index is 12.3. The molecule has 2 aliphatic rings. The molecule has 2 N–H and O–H groups in total. The molecule has 1 amide bonds. The molecule has 1 aliphatic carbocycles. The number of rotatable bonds is 4. The van der Waals surface area contributed by atoms with Gasteiger partial charge in [0.05, 0.1) is 0 Å². The molecular weight excluding hydrogens is 224 g/mol. The van der Waals surface area contributed by atoms with Crippen LogP contribution in [0, 0.1) is 5.92 Å². The molecule has 0 aromatic heterocycles. The van der Waals surface area contributed by atoms with Crippen LogP contribution in [0.25, 0.3) is 0 Å². The Kier molecular flexibility index (Phi) is 5.04. The fourth-order valence-corrected chi connectivity index (χ4v) is 3.61. The van der Waals surface area contributed by atoms with Crippen LogP contribution in [-0.2, 0) is 4.79 Å². The highest BCUT2D eigenvalue weighted by atomic mass is 16.2. The highest BCUT2D eigenvalue weighted by Crippen LogP contribution is 2.34. The zero-order chi connectivity index (χ0) is 13.0. The third-order valence-corrected chi connectivity index (χ3v) is 4.63. The molecule has 18 heavy (non-hydrogen) atoms. The van der Waals surface area contributed by atoms with Gasteiger partial charge in [-0.15, -0.1) is 0 Å². The van der Waals surface area contributed by atoms with E-state index in [2.05, 4.69) is 4.90 Å². The van der Waals surface area contributed by atoms with Gasteiger partial charge >= 0.3 is 0 Å². The molecule has 3 heteroatoms. The minimum absolute atomic E-state index is 0.143. The number of nitrogens with zero attached hydrogens (tertiary/aromatic N) is 1. The van der Waals surface area contributed by atoms with Crippen molar-refractivity contribution >= 4 is 5.91 Å². The first kappa shape index (κ1) is 13.9. The lowest BCUT2D eigenvalue weighted by atomic mass is 9.83. The van der Waals surface area contributed by atoms with Crippen LogP contribution in [-0.4, -0.2) is 29.4 Å². The summed E-state index contributed by atoms with van der Waals surface area (Å²) < 4.78 is 0. The second-order valence-corrected chi connectivity index (χ2v) is 6.21. The van der Waals surface area contributed by atoms with Gasteiger partial charge in [0.1, 0.15) is 0 Å². The van der Waals surface area contributed by atoms with Crippen LogP contribution < -0.4 is 5.73 Å². The molecule has 104 valence electrons. The Morgan fingerprint density at radius 2 is 1.94 bits per heavy atom. The first-order chi connectivity index (χ1) is 8.68. The van der Waals surface area contributed by atoms with Gasteiger partial charge in [-0.2, -0.15) is 0 Å². The van der Waals surface area contributed by atoms with Gasteiger partial charge < -0.3 is 10.6 Å². The lowest BCUT2D eigenvalue weighted by Crippen LogP contribution is -2.41. The van der Waals surface area contributed by atoms with Gasteiger partial charge in [-0.05, 0) is 44.9 Å². The monoisotopic (exact) mass is 252 g/mol. The van der Waals surface area contributed by atoms with E-state index < -0.39 is 0 Å². The third kappa shape index (κ3) is 3.47. The Hall–Kier alpha value is -0.570. The van der Waals surface area contributed by atoms with Crippen molar-refractivity contribution in [2.24, 2.45) is 11.7 Å². The average Bonchev–Trinajstić information content (AvgIpc) is 2.86. The fraction of sp³-hybridized carbons (Fsp3) is 0.933. The van der Waals surface area contributed by atoms with E-state index in [4.69, 9.17) is 5.73 Å². The minimum Gasteiger partial charge on any atom is -0.339 e. The minimum atomic E-state index is 0.143. The molecule has 1 saturated carbocycles. The Bertz CT molecular complexity index is 272. The van der Waals surface area contributed by atoms with Gasteiger partial charge in [-0.3, -0.25) is 4.79 Å². The summed E-state index contributed by atoms with van der Waals surface area (Å²) in [5.41, 5.74) is 5.75. The number of carbonyl (C=O) groups excluding carboxylic acids is 1. The summed E-state index contributed by atoms with van der Waals surface area (Å²) in [5.74, 6) is 1.13. The summed E-state index contributed by atoms with van der Waals surface area (Å²) in [6.07, 6.45) is 10.7. The maximum Gasteiger partial charge on any atom is 0.222 e. The van der Waals surface area contributed by atoms with Crippen molar-refractivity contribution in [3.8, 4) is 0 Å². The highest BCUT2D eigenvalue weighted by Gasteiger charge is 2.34. The molecule has 1 heterocycles. The van der Waals surface area contributed by atoms with E-state index in [0.29, 0.717) is 18.4 Å². The maximum absolute atomic E-state index is 12.3. The van der Waals surface area contributed by atoms with Gasteiger partial charge in [-0.25, -0.2) is 0 Å². The Morgan fingerprint density at radius 3 is 2.61 bits per heavy atom. The van der Waals surface area contributed by atoms with Crippen LogP contribution in [0.2, 0.25) is 0 Å². The Balaban J connectivity index is 1.87. The topological polar surface area (TPSA) is 46.3 Å². The molecule has 0 spiro atoms. The molecule has 1 saturated heterocycles. The third-order valence-electron chi connectivity index (χ3n) is 4.63. The van der Waals surface area contributed by atoms with Crippen molar-refractivity contribution in [3.63, 3.8) is 0 Å². The standard InChI is InChI=1S/C15H28N2O/c1-12(16)9-10-15(18)17-11-5-8-14(17)13-6-3-2-4-7-13/h12-14H,2-11,16H2,1H3. The largest absolute Gasteiger partial charge is 0.339 e. The smallest absolute Gasteiger partial charge is 0.222 e. The number of likely N-dealkylation sites (tertiary alicyclic amines) is 1. The highest BCUT2D eigenvalue weighted by molar-refractivity contribution is 5.76. The lowest BCUT2D eigenvalue weighted by molar-refractivity contribution is -0.133. The summed E-state index contributed by atoms with van der Waals surface area (Å²) in [6.45, 7) is 2.97. The summed E-state index contributed by atoms with van der Waals surface area (Å²) in [5, 5.41) is 0. The first-order valence-electron chi connectivity index (χ1n) is 7.73. The SMILES string of the molecule is CC(N)CCC(=O)N1CCCC1C1CCCCC1. The fourth-order valence-electron chi connectivity index (χ4n) is 3.61. The molecular formula is C15H28N2O. The van der Waals surface area contributed by atoms with Crippen LogP contribution >= 0.6 is 0 Å². The van der Waals surface area contributed by atoms with Crippen molar-refractivity contribution < 1.29 is 4.79 Å². The molecule has 2 atom stereocenters. The second kappa shape index (κ2) is 6.55. The Morgan fingerprint density at radius 1 is 1.22 bits per heavy atom. The number of carbonyl (C=O) groups is 1. The molecule has 2 fully saturated rings. The summed E-state index contributed by atoms with van der Waals surface area (Å²) in [6, 6.07) is 0.690. The van der Waals surface area contributed by atoms with Gasteiger partial charge in [0, 0.05) is 25.0 Å². The number of nitrogens with two attached hydrogens (primary N) is 1. The number of amides is 1. The van der Waals surface area contributed by atoms with Gasteiger partial charge in [0.2, 0.25) is 5.91 Å². The summed E-state index contributed by atoms with van der Waals surface area (Å²) in [4.78, 5) is 14.5.